The molecule has 0 atom stereocenters. The van der Waals surface area contributed by atoms with Gasteiger partial charge in [-0.15, -0.1) is 0 Å². The summed E-state index contributed by atoms with van der Waals surface area (Å²) in [7, 11) is 0. The van der Waals surface area contributed by atoms with Crippen LogP contribution < -0.4 is 5.32 Å². The van der Waals surface area contributed by atoms with E-state index in [1.54, 1.807) is 0 Å². The summed E-state index contributed by atoms with van der Waals surface area (Å²) in [5.41, 5.74) is 1.54. The van der Waals surface area contributed by atoms with Gasteiger partial charge in [-0.05, 0) is 12.0 Å². The molecule has 4 heteroatoms. The predicted molar refractivity (Wildman–Crippen MR) is 59.9 cm³/mol. The van der Waals surface area contributed by atoms with Gasteiger partial charge in [0.2, 0.25) is 11.6 Å². The highest BCUT2D eigenvalue weighted by Crippen LogP contribution is 2.11. The van der Waals surface area contributed by atoms with Crippen molar-refractivity contribution in [3.63, 3.8) is 0 Å². The summed E-state index contributed by atoms with van der Waals surface area (Å²) in [6.45, 7) is 0.716. The minimum atomic E-state index is 0.299. The van der Waals surface area contributed by atoms with E-state index < -0.39 is 0 Å². The van der Waals surface area contributed by atoms with Crippen LogP contribution in [0.4, 0.5) is 5.88 Å². The molecule has 0 bridgehead atoms. The summed E-state index contributed by atoms with van der Waals surface area (Å²) in [6.07, 6.45) is 2.15. The average molecular weight is 213 g/mol. The molecule has 0 unspecified atom stereocenters. The molecule has 0 radical (unpaired) electrons. The lowest BCUT2D eigenvalue weighted by atomic mass is 10.1. The van der Waals surface area contributed by atoms with E-state index in [1.165, 1.54) is 12.0 Å². The van der Waals surface area contributed by atoms with Gasteiger partial charge in [-0.1, -0.05) is 30.3 Å². The van der Waals surface area contributed by atoms with E-state index in [1.807, 2.05) is 24.3 Å². The van der Waals surface area contributed by atoms with E-state index in [9.17, 15) is 0 Å². The molecule has 1 aromatic heterocycles. The Morgan fingerprint density at radius 3 is 2.88 bits per heavy atom. The van der Waals surface area contributed by atoms with Gasteiger partial charge in [0.05, 0.1) is 0 Å². The SMILES string of the molecule is N#Cc1ncoc1NCCc1ccccc1. The molecule has 0 saturated carbocycles. The fourth-order valence-corrected chi connectivity index (χ4v) is 1.42. The topological polar surface area (TPSA) is 61.9 Å². The molecule has 80 valence electrons. The highest BCUT2D eigenvalue weighted by atomic mass is 16.4. The molecule has 0 aliphatic carbocycles. The van der Waals surface area contributed by atoms with Gasteiger partial charge in [-0.2, -0.15) is 5.26 Å². The minimum Gasteiger partial charge on any atom is -0.427 e. The third-order valence-corrected chi connectivity index (χ3v) is 2.22. The molecule has 0 aliphatic heterocycles. The first kappa shape index (κ1) is 10.2. The highest BCUT2D eigenvalue weighted by molar-refractivity contribution is 5.44. The Morgan fingerprint density at radius 2 is 2.12 bits per heavy atom. The van der Waals surface area contributed by atoms with Crippen molar-refractivity contribution >= 4 is 5.88 Å². The number of aromatic nitrogens is 1. The van der Waals surface area contributed by atoms with Crippen LogP contribution in [0.25, 0.3) is 0 Å². The van der Waals surface area contributed by atoms with Crippen molar-refractivity contribution in [2.45, 2.75) is 6.42 Å². The number of anilines is 1. The molecule has 0 amide bonds. The highest BCUT2D eigenvalue weighted by Gasteiger charge is 2.05. The van der Waals surface area contributed by atoms with E-state index in [2.05, 4.69) is 22.4 Å². The van der Waals surface area contributed by atoms with Crippen molar-refractivity contribution in [3.8, 4) is 6.07 Å². The van der Waals surface area contributed by atoms with Crippen LogP contribution in [-0.2, 0) is 6.42 Å². The first-order valence-electron chi connectivity index (χ1n) is 5.01. The Balaban J connectivity index is 1.88. The third-order valence-electron chi connectivity index (χ3n) is 2.22. The molecule has 2 rings (SSSR count). The number of benzene rings is 1. The van der Waals surface area contributed by atoms with Crippen molar-refractivity contribution < 1.29 is 4.42 Å². The Bertz CT molecular complexity index is 484. The second-order valence-corrected chi connectivity index (χ2v) is 3.30. The van der Waals surface area contributed by atoms with E-state index in [4.69, 9.17) is 9.68 Å². The second kappa shape index (κ2) is 4.99. The minimum absolute atomic E-state index is 0.299. The fraction of sp³-hybridized carbons (Fsp3) is 0.167. The van der Waals surface area contributed by atoms with Crippen molar-refractivity contribution in [1.29, 1.82) is 5.26 Å². The first-order valence-corrected chi connectivity index (χ1v) is 5.01. The number of hydrogen-bond acceptors (Lipinski definition) is 4. The molecular weight excluding hydrogens is 202 g/mol. The van der Waals surface area contributed by atoms with Gasteiger partial charge >= 0.3 is 0 Å². The Labute approximate surface area is 93.5 Å². The average Bonchev–Trinajstić information content (AvgIpc) is 2.78. The fourth-order valence-electron chi connectivity index (χ4n) is 1.42. The van der Waals surface area contributed by atoms with Crippen LogP contribution in [0.15, 0.2) is 41.1 Å². The molecule has 2 aromatic rings. The van der Waals surface area contributed by atoms with Crippen LogP contribution >= 0.6 is 0 Å². The maximum Gasteiger partial charge on any atom is 0.231 e. The molecule has 1 aromatic carbocycles. The zero-order chi connectivity index (χ0) is 11.2. The number of hydrogen-bond donors (Lipinski definition) is 1. The Kier molecular flexibility index (Phi) is 3.19. The van der Waals surface area contributed by atoms with Crippen molar-refractivity contribution in [3.05, 3.63) is 48.0 Å². The zero-order valence-corrected chi connectivity index (χ0v) is 8.68. The summed E-state index contributed by atoms with van der Waals surface area (Å²) >= 11 is 0. The van der Waals surface area contributed by atoms with Crippen molar-refractivity contribution in [2.75, 3.05) is 11.9 Å². The molecule has 0 fully saturated rings. The Hall–Kier alpha value is -2.28. The lowest BCUT2D eigenvalue weighted by Crippen LogP contribution is -2.05. The largest absolute Gasteiger partial charge is 0.427 e. The normalized spacial score (nSPS) is 9.69. The number of nitrogens with zero attached hydrogens (tertiary/aromatic N) is 2. The predicted octanol–water partition coefficient (Wildman–Crippen LogP) is 2.20. The molecule has 1 N–H and O–H groups in total. The molecule has 16 heavy (non-hydrogen) atoms. The van der Waals surface area contributed by atoms with Crippen LogP contribution in [-0.4, -0.2) is 11.5 Å². The van der Waals surface area contributed by atoms with Gasteiger partial charge in [0.25, 0.3) is 0 Å². The standard InChI is InChI=1S/C12H11N3O/c13-8-11-12(16-9-15-11)14-7-6-10-4-2-1-3-5-10/h1-5,9,14H,6-7H2. The zero-order valence-electron chi connectivity index (χ0n) is 8.68. The first-order chi connectivity index (χ1) is 7.90. The maximum absolute atomic E-state index is 8.71. The van der Waals surface area contributed by atoms with Gasteiger partial charge in [0, 0.05) is 6.54 Å². The lowest BCUT2D eigenvalue weighted by Gasteiger charge is -2.02. The van der Waals surface area contributed by atoms with Crippen LogP contribution in [0.2, 0.25) is 0 Å². The van der Waals surface area contributed by atoms with Crippen LogP contribution in [0, 0.1) is 11.3 Å². The third kappa shape index (κ3) is 2.39. The monoisotopic (exact) mass is 213 g/mol. The second-order valence-electron chi connectivity index (χ2n) is 3.30. The van der Waals surface area contributed by atoms with Crippen molar-refractivity contribution in [2.24, 2.45) is 0 Å². The number of nitriles is 1. The molecule has 4 nitrogen and oxygen atoms in total. The van der Waals surface area contributed by atoms with Gasteiger partial charge in [0.1, 0.15) is 6.07 Å². The van der Waals surface area contributed by atoms with Gasteiger partial charge in [0.15, 0.2) is 6.39 Å². The van der Waals surface area contributed by atoms with E-state index in [0.29, 0.717) is 18.1 Å². The van der Waals surface area contributed by atoms with Gasteiger partial charge in [-0.25, -0.2) is 4.98 Å². The summed E-state index contributed by atoms with van der Waals surface area (Å²) in [6, 6.07) is 12.1. The van der Waals surface area contributed by atoms with E-state index in [0.717, 1.165) is 6.42 Å². The molecule has 0 saturated heterocycles. The molecule has 0 spiro atoms. The summed E-state index contributed by atoms with van der Waals surface area (Å²) in [4.78, 5) is 3.77. The number of nitrogens with one attached hydrogen (secondary N) is 1. The maximum atomic E-state index is 8.71. The van der Waals surface area contributed by atoms with E-state index >= 15 is 0 Å². The number of oxazole rings is 1. The summed E-state index contributed by atoms with van der Waals surface area (Å²) in [5.74, 6) is 0.443. The van der Waals surface area contributed by atoms with Crippen LogP contribution in [0.5, 0.6) is 0 Å². The van der Waals surface area contributed by atoms with E-state index in [-0.39, 0.29) is 0 Å². The van der Waals surface area contributed by atoms with Crippen LogP contribution in [0.1, 0.15) is 11.3 Å². The van der Waals surface area contributed by atoms with Gasteiger partial charge in [-0.3, -0.25) is 0 Å². The Morgan fingerprint density at radius 1 is 1.31 bits per heavy atom. The molecule has 0 aliphatic rings. The quantitative estimate of drug-likeness (QED) is 0.845. The summed E-state index contributed by atoms with van der Waals surface area (Å²) < 4.78 is 5.05. The van der Waals surface area contributed by atoms with Crippen LogP contribution in [0.3, 0.4) is 0 Å². The summed E-state index contributed by atoms with van der Waals surface area (Å²) in [5, 5.41) is 11.8. The molecule has 1 heterocycles. The van der Waals surface area contributed by atoms with Crippen molar-refractivity contribution in [1.82, 2.24) is 4.98 Å². The number of rotatable bonds is 4. The lowest BCUT2D eigenvalue weighted by molar-refractivity contribution is 0.569. The molecular formula is C12H11N3O. The smallest absolute Gasteiger partial charge is 0.231 e. The van der Waals surface area contributed by atoms with Gasteiger partial charge < -0.3 is 9.73 Å².